The Hall–Kier alpha value is -4.04. The Morgan fingerprint density at radius 2 is 1.69 bits per heavy atom. The number of thiazole rings is 1. The third kappa shape index (κ3) is 6.10. The molecule has 2 N–H and O–H groups in total. The molecule has 0 fully saturated rings. The van der Waals surface area contributed by atoms with Gasteiger partial charge in [0.05, 0.1) is 6.21 Å². The third-order valence-corrected chi connectivity index (χ3v) is 6.28. The van der Waals surface area contributed by atoms with Crippen molar-refractivity contribution in [3.05, 3.63) is 95.8 Å². The zero-order valence-corrected chi connectivity index (χ0v) is 20.3. The van der Waals surface area contributed by atoms with Crippen LogP contribution in [0.3, 0.4) is 0 Å². The van der Waals surface area contributed by atoms with E-state index in [1.54, 1.807) is 6.21 Å². The van der Waals surface area contributed by atoms with E-state index in [2.05, 4.69) is 51.7 Å². The maximum Gasteiger partial charge on any atom is 0.256 e. The summed E-state index contributed by atoms with van der Waals surface area (Å²) in [6.07, 6.45) is 1.73. The van der Waals surface area contributed by atoms with Crippen LogP contribution < -0.4 is 15.6 Å². The number of hydrazone groups is 1. The molecule has 6 nitrogen and oxygen atoms in total. The minimum atomic E-state index is -0.392. The van der Waals surface area contributed by atoms with Gasteiger partial charge < -0.3 is 10.2 Å². The van der Waals surface area contributed by atoms with E-state index < -0.39 is 5.82 Å². The second kappa shape index (κ2) is 11.4. The summed E-state index contributed by atoms with van der Waals surface area (Å²) in [5, 5.41) is 8.34. The van der Waals surface area contributed by atoms with Crippen LogP contribution >= 0.6 is 11.3 Å². The quantitative estimate of drug-likeness (QED) is 0.209. The molecule has 1 heterocycles. The summed E-state index contributed by atoms with van der Waals surface area (Å²) >= 11 is 1.28. The molecule has 0 atom stereocenters. The first-order valence-corrected chi connectivity index (χ1v) is 12.2. The molecular formula is C27H26FN5OS. The molecule has 4 aromatic rings. The minimum Gasteiger partial charge on any atom is -0.372 e. The van der Waals surface area contributed by atoms with Crippen LogP contribution in [0.5, 0.6) is 0 Å². The SMILES string of the molecule is CCN(CC)c1ccc(/C=N\Nc2nc(-c3ccccc3)c(NC(=O)c3ccc(F)cc3)s2)cc1. The molecule has 178 valence electrons. The van der Waals surface area contributed by atoms with Gasteiger partial charge in [-0.1, -0.05) is 53.8 Å². The summed E-state index contributed by atoms with van der Waals surface area (Å²) in [5.74, 6) is -0.731. The van der Waals surface area contributed by atoms with Gasteiger partial charge in [0.2, 0.25) is 5.13 Å². The molecule has 35 heavy (non-hydrogen) atoms. The van der Waals surface area contributed by atoms with Crippen molar-refractivity contribution in [1.82, 2.24) is 4.98 Å². The molecule has 0 saturated heterocycles. The Balaban J connectivity index is 1.51. The number of rotatable bonds is 9. The number of halogens is 1. The van der Waals surface area contributed by atoms with Gasteiger partial charge in [-0.3, -0.25) is 10.2 Å². The fourth-order valence-corrected chi connectivity index (χ4v) is 4.38. The highest BCUT2D eigenvalue weighted by Gasteiger charge is 2.16. The van der Waals surface area contributed by atoms with Crippen molar-refractivity contribution in [3.63, 3.8) is 0 Å². The lowest BCUT2D eigenvalue weighted by atomic mass is 10.1. The number of amides is 1. The Morgan fingerprint density at radius 3 is 2.34 bits per heavy atom. The van der Waals surface area contributed by atoms with Crippen molar-refractivity contribution in [1.29, 1.82) is 0 Å². The summed E-state index contributed by atoms with van der Waals surface area (Å²) in [5.41, 5.74) is 6.96. The molecule has 3 aromatic carbocycles. The molecule has 0 aliphatic heterocycles. The van der Waals surface area contributed by atoms with E-state index >= 15 is 0 Å². The molecular weight excluding hydrogens is 461 g/mol. The van der Waals surface area contributed by atoms with E-state index in [0.717, 1.165) is 24.2 Å². The molecule has 0 aliphatic carbocycles. The molecule has 0 spiro atoms. The Morgan fingerprint density at radius 1 is 1.00 bits per heavy atom. The fraction of sp³-hybridized carbons (Fsp3) is 0.148. The van der Waals surface area contributed by atoms with E-state index in [-0.39, 0.29) is 5.91 Å². The number of hydrogen-bond donors (Lipinski definition) is 2. The Labute approximate surface area is 208 Å². The van der Waals surface area contributed by atoms with Crippen LogP contribution in [0.4, 0.5) is 20.2 Å². The molecule has 0 saturated carbocycles. The lowest BCUT2D eigenvalue weighted by Crippen LogP contribution is -2.21. The van der Waals surface area contributed by atoms with Crippen molar-refractivity contribution in [2.75, 3.05) is 28.7 Å². The third-order valence-electron chi connectivity index (χ3n) is 5.40. The van der Waals surface area contributed by atoms with Crippen molar-refractivity contribution in [2.45, 2.75) is 13.8 Å². The van der Waals surface area contributed by atoms with E-state index in [1.165, 1.54) is 41.3 Å². The van der Waals surface area contributed by atoms with E-state index in [1.807, 2.05) is 42.5 Å². The number of benzene rings is 3. The maximum absolute atomic E-state index is 13.2. The predicted octanol–water partition coefficient (Wildman–Crippen LogP) is 6.49. The smallest absolute Gasteiger partial charge is 0.256 e. The monoisotopic (exact) mass is 487 g/mol. The summed E-state index contributed by atoms with van der Waals surface area (Å²) in [6.45, 7) is 6.19. The zero-order valence-electron chi connectivity index (χ0n) is 19.5. The van der Waals surface area contributed by atoms with Crippen LogP contribution in [0, 0.1) is 5.82 Å². The van der Waals surface area contributed by atoms with Crippen LogP contribution in [0.25, 0.3) is 11.3 Å². The van der Waals surface area contributed by atoms with Crippen LogP contribution in [-0.2, 0) is 0 Å². The average Bonchev–Trinajstić information content (AvgIpc) is 3.29. The summed E-state index contributed by atoms with van der Waals surface area (Å²) < 4.78 is 13.2. The predicted molar refractivity (Wildman–Crippen MR) is 143 cm³/mol. The van der Waals surface area contributed by atoms with Gasteiger partial charge in [0.15, 0.2) is 0 Å². The topological polar surface area (TPSA) is 69.6 Å². The maximum atomic E-state index is 13.2. The lowest BCUT2D eigenvalue weighted by molar-refractivity contribution is 0.102. The average molecular weight is 488 g/mol. The van der Waals surface area contributed by atoms with Gasteiger partial charge in [0.25, 0.3) is 5.91 Å². The van der Waals surface area contributed by atoms with Gasteiger partial charge in [-0.2, -0.15) is 5.10 Å². The highest BCUT2D eigenvalue weighted by atomic mass is 32.1. The van der Waals surface area contributed by atoms with Gasteiger partial charge in [0, 0.05) is 29.9 Å². The number of carbonyl (C=O) groups is 1. The standard InChI is InChI=1S/C27H26FN5OS/c1-3-33(4-2)23-16-10-19(11-17-23)18-29-32-27-30-24(20-8-6-5-7-9-20)26(35-27)31-25(34)21-12-14-22(28)15-13-21/h5-18H,3-4H2,1-2H3,(H,30,32)(H,31,34)/b29-18-. The molecule has 1 aromatic heterocycles. The van der Waals surface area contributed by atoms with Crippen molar-refractivity contribution < 1.29 is 9.18 Å². The first kappa shape index (κ1) is 24.1. The largest absolute Gasteiger partial charge is 0.372 e. The lowest BCUT2D eigenvalue weighted by Gasteiger charge is -2.20. The summed E-state index contributed by atoms with van der Waals surface area (Å²) in [7, 11) is 0. The first-order chi connectivity index (χ1) is 17.1. The van der Waals surface area contributed by atoms with Crippen LogP contribution in [0.15, 0.2) is 84.0 Å². The van der Waals surface area contributed by atoms with Crippen LogP contribution in [0.1, 0.15) is 29.8 Å². The number of aromatic nitrogens is 1. The fourth-order valence-electron chi connectivity index (χ4n) is 3.54. The normalized spacial score (nSPS) is 10.9. The number of hydrogen-bond acceptors (Lipinski definition) is 6. The summed E-state index contributed by atoms with van der Waals surface area (Å²) in [6, 6.07) is 23.2. The van der Waals surface area contributed by atoms with Crippen molar-refractivity contribution in [2.24, 2.45) is 5.10 Å². The van der Waals surface area contributed by atoms with Gasteiger partial charge in [-0.15, -0.1) is 0 Å². The summed E-state index contributed by atoms with van der Waals surface area (Å²) in [4.78, 5) is 19.7. The second-order valence-electron chi connectivity index (χ2n) is 7.66. The number of nitrogens with zero attached hydrogens (tertiary/aromatic N) is 3. The first-order valence-electron chi connectivity index (χ1n) is 11.3. The number of carbonyl (C=O) groups excluding carboxylic acids is 1. The minimum absolute atomic E-state index is 0.339. The van der Waals surface area contributed by atoms with Gasteiger partial charge in [0.1, 0.15) is 16.5 Å². The van der Waals surface area contributed by atoms with Gasteiger partial charge in [-0.05, 0) is 55.8 Å². The zero-order chi connectivity index (χ0) is 24.6. The molecule has 0 unspecified atom stereocenters. The Bertz CT molecular complexity index is 1280. The van der Waals surface area contributed by atoms with Crippen LogP contribution in [-0.4, -0.2) is 30.2 Å². The molecule has 0 radical (unpaired) electrons. The van der Waals surface area contributed by atoms with E-state index in [4.69, 9.17) is 0 Å². The van der Waals surface area contributed by atoms with Gasteiger partial charge >= 0.3 is 0 Å². The van der Waals surface area contributed by atoms with Crippen molar-refractivity contribution >= 4 is 39.3 Å². The number of nitrogens with one attached hydrogen (secondary N) is 2. The van der Waals surface area contributed by atoms with Crippen LogP contribution in [0.2, 0.25) is 0 Å². The molecule has 0 aliphatic rings. The molecule has 0 bridgehead atoms. The Kier molecular flexibility index (Phi) is 7.84. The van der Waals surface area contributed by atoms with E-state index in [9.17, 15) is 9.18 Å². The molecule has 1 amide bonds. The highest BCUT2D eigenvalue weighted by Crippen LogP contribution is 2.36. The molecule has 4 rings (SSSR count). The second-order valence-corrected chi connectivity index (χ2v) is 8.66. The highest BCUT2D eigenvalue weighted by molar-refractivity contribution is 7.20. The van der Waals surface area contributed by atoms with E-state index in [0.29, 0.717) is 21.4 Å². The number of anilines is 3. The van der Waals surface area contributed by atoms with Gasteiger partial charge in [-0.25, -0.2) is 9.37 Å². The molecule has 8 heteroatoms. The van der Waals surface area contributed by atoms with Crippen molar-refractivity contribution in [3.8, 4) is 11.3 Å².